The van der Waals surface area contributed by atoms with Crippen LogP contribution in [0.5, 0.6) is 0 Å². The molecule has 0 saturated heterocycles. The quantitative estimate of drug-likeness (QED) is 0.520. The molecule has 0 bridgehead atoms. The van der Waals surface area contributed by atoms with Gasteiger partial charge in [0, 0.05) is 0 Å². The van der Waals surface area contributed by atoms with Crippen molar-refractivity contribution in [1.82, 2.24) is 0 Å². The van der Waals surface area contributed by atoms with E-state index in [1.165, 1.54) is 42.6 Å². The number of hydrogen-bond donors (Lipinski definition) is 1. The maximum atomic E-state index is 11.1. The van der Waals surface area contributed by atoms with Crippen LogP contribution < -0.4 is 5.14 Å². The predicted molar refractivity (Wildman–Crippen MR) is 70.4 cm³/mol. The molecular formula is C11H9N3O5S. The largest absolute Gasteiger partial charge is 0.433 e. The Morgan fingerprint density at radius 3 is 2.35 bits per heavy atom. The van der Waals surface area contributed by atoms with Crippen LogP contribution in [-0.4, -0.2) is 19.6 Å². The fraction of sp³-hybridized carbons (Fsp3) is 0. The van der Waals surface area contributed by atoms with Crippen molar-refractivity contribution in [2.75, 3.05) is 0 Å². The highest BCUT2D eigenvalue weighted by atomic mass is 32.2. The van der Waals surface area contributed by atoms with E-state index in [1.807, 2.05) is 0 Å². The van der Waals surface area contributed by atoms with Crippen molar-refractivity contribution in [1.29, 1.82) is 0 Å². The number of sulfonamides is 1. The zero-order valence-corrected chi connectivity index (χ0v) is 10.8. The lowest BCUT2D eigenvalue weighted by molar-refractivity contribution is -0.402. The van der Waals surface area contributed by atoms with Crippen molar-refractivity contribution in [3.8, 4) is 0 Å². The summed E-state index contributed by atoms with van der Waals surface area (Å²) >= 11 is 0. The highest BCUT2D eigenvalue weighted by molar-refractivity contribution is 7.89. The Morgan fingerprint density at radius 2 is 1.85 bits per heavy atom. The first-order valence-corrected chi connectivity index (χ1v) is 6.82. The third kappa shape index (κ3) is 3.28. The molecule has 0 saturated carbocycles. The van der Waals surface area contributed by atoms with Crippen LogP contribution >= 0.6 is 0 Å². The van der Waals surface area contributed by atoms with Gasteiger partial charge in [-0.2, -0.15) is 0 Å². The van der Waals surface area contributed by atoms with Crippen LogP contribution in [0.4, 0.5) is 11.6 Å². The first-order chi connectivity index (χ1) is 9.36. The normalized spacial score (nSPS) is 11.8. The molecule has 1 aromatic carbocycles. The summed E-state index contributed by atoms with van der Waals surface area (Å²) in [6.07, 6.45) is 1.29. The van der Waals surface area contributed by atoms with E-state index in [4.69, 9.17) is 9.56 Å². The predicted octanol–water partition coefficient (Wildman–Crippen LogP) is 1.59. The van der Waals surface area contributed by atoms with Crippen LogP contribution in [0, 0.1) is 10.1 Å². The lowest BCUT2D eigenvalue weighted by atomic mass is 10.3. The van der Waals surface area contributed by atoms with Crippen molar-refractivity contribution < 1.29 is 17.8 Å². The number of hydrogen-bond acceptors (Lipinski definition) is 6. The molecule has 1 aromatic heterocycles. The van der Waals surface area contributed by atoms with Gasteiger partial charge < -0.3 is 4.42 Å². The third-order valence-corrected chi connectivity index (χ3v) is 3.23. The van der Waals surface area contributed by atoms with E-state index in [0.29, 0.717) is 5.69 Å². The van der Waals surface area contributed by atoms with E-state index in [-0.39, 0.29) is 16.5 Å². The molecule has 2 aromatic rings. The van der Waals surface area contributed by atoms with E-state index in [1.54, 1.807) is 0 Å². The van der Waals surface area contributed by atoms with Gasteiger partial charge in [-0.15, -0.1) is 0 Å². The number of nitrogens with zero attached hydrogens (tertiary/aromatic N) is 2. The Bertz CT molecular complexity index is 762. The highest BCUT2D eigenvalue weighted by Crippen LogP contribution is 2.17. The van der Waals surface area contributed by atoms with E-state index < -0.39 is 14.9 Å². The number of benzene rings is 1. The lowest BCUT2D eigenvalue weighted by Crippen LogP contribution is -2.11. The molecule has 2 rings (SSSR count). The van der Waals surface area contributed by atoms with Gasteiger partial charge in [-0.3, -0.25) is 15.1 Å². The van der Waals surface area contributed by atoms with Gasteiger partial charge in [0.05, 0.1) is 22.9 Å². The number of aliphatic imine (C=N–C) groups is 1. The van der Waals surface area contributed by atoms with E-state index in [2.05, 4.69) is 4.99 Å². The number of nitrogens with two attached hydrogens (primary N) is 1. The summed E-state index contributed by atoms with van der Waals surface area (Å²) in [5.41, 5.74) is 0.455. The number of rotatable bonds is 4. The number of primary sulfonamides is 1. The summed E-state index contributed by atoms with van der Waals surface area (Å²) in [7, 11) is -3.74. The van der Waals surface area contributed by atoms with Gasteiger partial charge in [0.1, 0.15) is 4.92 Å². The average molecular weight is 295 g/mol. The molecule has 0 radical (unpaired) electrons. The second-order valence-electron chi connectivity index (χ2n) is 3.73. The van der Waals surface area contributed by atoms with Crippen molar-refractivity contribution in [3.05, 3.63) is 52.3 Å². The van der Waals surface area contributed by atoms with Gasteiger partial charge in [0.25, 0.3) is 0 Å². The zero-order chi connectivity index (χ0) is 14.8. The van der Waals surface area contributed by atoms with Crippen molar-refractivity contribution >= 4 is 27.8 Å². The van der Waals surface area contributed by atoms with Crippen molar-refractivity contribution in [2.45, 2.75) is 4.90 Å². The SMILES string of the molecule is NS(=O)(=O)c1ccc(N=Cc2ccc([N+](=O)[O-])o2)cc1. The van der Waals surface area contributed by atoms with Gasteiger partial charge in [0.2, 0.25) is 10.0 Å². The molecule has 0 aliphatic rings. The lowest BCUT2D eigenvalue weighted by Gasteiger charge is -1.97. The Labute approximate surface area is 113 Å². The molecule has 20 heavy (non-hydrogen) atoms. The first-order valence-electron chi connectivity index (χ1n) is 5.27. The van der Waals surface area contributed by atoms with Gasteiger partial charge in [-0.1, -0.05) is 0 Å². The topological polar surface area (TPSA) is 129 Å². The number of nitro groups is 1. The maximum absolute atomic E-state index is 11.1. The number of furan rings is 1. The highest BCUT2D eigenvalue weighted by Gasteiger charge is 2.10. The minimum Gasteiger partial charge on any atom is -0.400 e. The van der Waals surface area contributed by atoms with Crippen LogP contribution in [0.2, 0.25) is 0 Å². The van der Waals surface area contributed by atoms with Gasteiger partial charge in [0.15, 0.2) is 5.76 Å². The summed E-state index contributed by atoms with van der Waals surface area (Å²) in [6, 6.07) is 8.15. The second-order valence-corrected chi connectivity index (χ2v) is 5.29. The van der Waals surface area contributed by atoms with Gasteiger partial charge >= 0.3 is 5.88 Å². The molecule has 104 valence electrons. The molecule has 0 amide bonds. The summed E-state index contributed by atoms with van der Waals surface area (Å²) in [4.78, 5) is 13.7. The fourth-order valence-corrected chi connectivity index (χ4v) is 1.89. The van der Waals surface area contributed by atoms with Crippen LogP contribution in [0.15, 0.2) is 50.7 Å². The molecule has 0 spiro atoms. The summed E-state index contributed by atoms with van der Waals surface area (Å²) < 4.78 is 27.0. The molecule has 0 atom stereocenters. The zero-order valence-electron chi connectivity index (χ0n) is 9.96. The van der Waals surface area contributed by atoms with Gasteiger partial charge in [-0.25, -0.2) is 13.6 Å². The van der Waals surface area contributed by atoms with Crippen LogP contribution in [0.25, 0.3) is 0 Å². The van der Waals surface area contributed by atoms with Crippen LogP contribution in [0.3, 0.4) is 0 Å². The molecular weight excluding hydrogens is 286 g/mol. The molecule has 8 nitrogen and oxygen atoms in total. The minimum atomic E-state index is -3.74. The Morgan fingerprint density at radius 1 is 1.20 bits per heavy atom. The summed E-state index contributed by atoms with van der Waals surface area (Å²) in [6.45, 7) is 0. The Balaban J connectivity index is 2.17. The second kappa shape index (κ2) is 5.23. The first kappa shape index (κ1) is 13.9. The minimum absolute atomic E-state index is 0.0231. The Hall–Kier alpha value is -2.52. The van der Waals surface area contributed by atoms with Gasteiger partial charge in [-0.05, 0) is 30.3 Å². The van der Waals surface area contributed by atoms with Crippen molar-refractivity contribution in [2.24, 2.45) is 10.1 Å². The van der Waals surface area contributed by atoms with Crippen molar-refractivity contribution in [3.63, 3.8) is 0 Å². The molecule has 0 aliphatic carbocycles. The molecule has 0 unspecified atom stereocenters. The molecule has 0 aliphatic heterocycles. The average Bonchev–Trinajstić information content (AvgIpc) is 2.85. The van der Waals surface area contributed by atoms with E-state index in [0.717, 1.165) is 0 Å². The molecule has 0 fully saturated rings. The third-order valence-electron chi connectivity index (χ3n) is 2.30. The van der Waals surface area contributed by atoms with Crippen LogP contribution in [-0.2, 0) is 10.0 Å². The summed E-state index contributed by atoms with van der Waals surface area (Å²) in [5, 5.41) is 15.4. The summed E-state index contributed by atoms with van der Waals surface area (Å²) in [5.74, 6) is -0.164. The standard InChI is InChI=1S/C11H9N3O5S/c12-20(17,18)10-4-1-8(2-5-10)13-7-9-3-6-11(19-9)14(15)16/h1-7H,(H2,12,17,18). The fourth-order valence-electron chi connectivity index (χ4n) is 1.37. The maximum Gasteiger partial charge on any atom is 0.433 e. The monoisotopic (exact) mass is 295 g/mol. The molecule has 9 heteroatoms. The van der Waals surface area contributed by atoms with E-state index >= 15 is 0 Å². The molecule has 1 heterocycles. The molecule has 2 N–H and O–H groups in total. The van der Waals surface area contributed by atoms with E-state index in [9.17, 15) is 18.5 Å². The van der Waals surface area contributed by atoms with Crippen LogP contribution in [0.1, 0.15) is 5.76 Å². The smallest absolute Gasteiger partial charge is 0.400 e. The Kier molecular flexibility index (Phi) is 3.63.